The molecule has 1 spiro atoms. The van der Waals surface area contributed by atoms with E-state index < -0.39 is 5.41 Å². The number of para-hydroxylation sites is 2. The summed E-state index contributed by atoms with van der Waals surface area (Å²) in [5, 5.41) is 0. The van der Waals surface area contributed by atoms with Crippen LogP contribution in [0.5, 0.6) is 11.5 Å². The van der Waals surface area contributed by atoms with E-state index in [1.807, 2.05) is 36.4 Å². The van der Waals surface area contributed by atoms with E-state index in [9.17, 15) is 0 Å². The zero-order valence-corrected chi connectivity index (χ0v) is 30.3. The van der Waals surface area contributed by atoms with Crippen LogP contribution in [0.1, 0.15) is 22.3 Å². The van der Waals surface area contributed by atoms with Crippen LogP contribution in [0.2, 0.25) is 0 Å². The first-order valence-electron chi connectivity index (χ1n) is 18.9. The molecular weight excluding hydrogens is 683 g/mol. The van der Waals surface area contributed by atoms with Crippen LogP contribution >= 0.6 is 0 Å². The minimum Gasteiger partial charge on any atom is -0.457 e. The lowest BCUT2D eigenvalue weighted by Gasteiger charge is -2.39. The Morgan fingerprint density at radius 3 is 1.45 bits per heavy atom. The highest BCUT2D eigenvalue weighted by Crippen LogP contribution is 2.63. The Morgan fingerprint density at radius 1 is 0.304 bits per heavy atom. The molecule has 0 unspecified atom stereocenters. The summed E-state index contributed by atoms with van der Waals surface area (Å²) >= 11 is 0. The topological polar surface area (TPSA) is 47.9 Å². The molecule has 1 aliphatic carbocycles. The molecule has 4 nitrogen and oxygen atoms in total. The lowest BCUT2D eigenvalue weighted by Crippen LogP contribution is -2.32. The molecule has 56 heavy (non-hydrogen) atoms. The summed E-state index contributed by atoms with van der Waals surface area (Å²) in [6, 6.07) is 70.1. The minimum atomic E-state index is -0.587. The van der Waals surface area contributed by atoms with E-state index >= 15 is 0 Å². The van der Waals surface area contributed by atoms with Crippen molar-refractivity contribution < 1.29 is 4.74 Å². The van der Waals surface area contributed by atoms with E-state index in [0.717, 1.165) is 61.6 Å². The predicted molar refractivity (Wildman–Crippen MR) is 224 cm³/mol. The van der Waals surface area contributed by atoms with Crippen LogP contribution in [-0.2, 0) is 5.41 Å². The molecule has 2 aliphatic rings. The SMILES string of the molecule is c1ccc(-c2ccc(-c3cccc(-c4nc(-c5ccccc5)nc(-c5cccc6c5-c5ccccc5C65c6ccccc6Oc6ccccc65)n4)c3)cc2)cc1. The standard InChI is InChI=1S/C52H33N3O/c1-3-15-34(16-4-1)35-29-31-36(32-30-35)38-19-13-20-39(33-38)50-53-49(37-17-5-2-6-18-37)54-51(55-50)41-22-14-26-45-48(41)40-21-7-8-23-42(40)52(45)43-24-9-11-27-46(43)56-47-28-12-10-25-44(47)52/h1-33H. The summed E-state index contributed by atoms with van der Waals surface area (Å²) in [6.07, 6.45) is 0. The Balaban J connectivity index is 1.11. The molecule has 262 valence electrons. The van der Waals surface area contributed by atoms with Crippen LogP contribution in [0.3, 0.4) is 0 Å². The highest BCUT2D eigenvalue weighted by atomic mass is 16.5. The largest absolute Gasteiger partial charge is 0.457 e. The zero-order chi connectivity index (χ0) is 37.1. The number of benzene rings is 8. The third-order valence-electron chi connectivity index (χ3n) is 11.2. The Hall–Kier alpha value is -7.43. The van der Waals surface area contributed by atoms with E-state index in [2.05, 4.69) is 164 Å². The predicted octanol–water partition coefficient (Wildman–Crippen LogP) is 12.7. The zero-order valence-electron chi connectivity index (χ0n) is 30.3. The molecule has 0 atom stereocenters. The average Bonchev–Trinajstić information content (AvgIpc) is 3.58. The van der Waals surface area contributed by atoms with Gasteiger partial charge in [0, 0.05) is 27.8 Å². The van der Waals surface area contributed by atoms with Gasteiger partial charge in [0.05, 0.1) is 5.41 Å². The van der Waals surface area contributed by atoms with E-state index in [4.69, 9.17) is 19.7 Å². The fourth-order valence-corrected chi connectivity index (χ4v) is 8.75. The first-order chi connectivity index (χ1) is 27.8. The number of hydrogen-bond donors (Lipinski definition) is 0. The Kier molecular flexibility index (Phi) is 7.36. The molecule has 0 saturated carbocycles. The van der Waals surface area contributed by atoms with Gasteiger partial charge in [-0.2, -0.15) is 0 Å². The third-order valence-corrected chi connectivity index (χ3v) is 11.2. The maximum Gasteiger partial charge on any atom is 0.164 e. The molecule has 0 N–H and O–H groups in total. The van der Waals surface area contributed by atoms with Gasteiger partial charge in [0.15, 0.2) is 17.5 Å². The van der Waals surface area contributed by atoms with Crippen molar-refractivity contribution in [1.29, 1.82) is 0 Å². The number of ether oxygens (including phenoxy) is 1. The first kappa shape index (κ1) is 32.0. The van der Waals surface area contributed by atoms with E-state index in [0.29, 0.717) is 17.5 Å². The lowest BCUT2D eigenvalue weighted by atomic mass is 9.66. The van der Waals surface area contributed by atoms with Crippen molar-refractivity contribution in [2.45, 2.75) is 5.41 Å². The highest BCUT2D eigenvalue weighted by molar-refractivity contribution is 5.95. The smallest absolute Gasteiger partial charge is 0.164 e. The Labute approximate surface area is 325 Å². The number of aromatic nitrogens is 3. The third kappa shape index (κ3) is 4.96. The van der Waals surface area contributed by atoms with Gasteiger partial charge in [-0.3, -0.25) is 0 Å². The van der Waals surface area contributed by atoms with Crippen LogP contribution in [0.4, 0.5) is 0 Å². The van der Waals surface area contributed by atoms with Crippen molar-refractivity contribution in [2.24, 2.45) is 0 Å². The monoisotopic (exact) mass is 715 g/mol. The molecule has 2 heterocycles. The molecule has 11 rings (SSSR count). The number of hydrogen-bond acceptors (Lipinski definition) is 4. The summed E-state index contributed by atoms with van der Waals surface area (Å²) in [5.74, 6) is 3.61. The number of rotatable bonds is 5. The normalized spacial score (nSPS) is 12.9. The van der Waals surface area contributed by atoms with Crippen molar-refractivity contribution >= 4 is 0 Å². The van der Waals surface area contributed by atoms with Crippen molar-refractivity contribution in [2.75, 3.05) is 0 Å². The lowest BCUT2D eigenvalue weighted by molar-refractivity contribution is 0.436. The quantitative estimate of drug-likeness (QED) is 0.178. The van der Waals surface area contributed by atoms with E-state index in [1.165, 1.54) is 22.3 Å². The second kappa shape index (κ2) is 12.9. The minimum absolute atomic E-state index is 0.587. The van der Waals surface area contributed by atoms with Crippen LogP contribution in [0.25, 0.3) is 67.5 Å². The van der Waals surface area contributed by atoms with Crippen molar-refractivity contribution in [3.63, 3.8) is 0 Å². The van der Waals surface area contributed by atoms with Crippen LogP contribution in [0, 0.1) is 0 Å². The van der Waals surface area contributed by atoms with Crippen LogP contribution in [0.15, 0.2) is 200 Å². The van der Waals surface area contributed by atoms with E-state index in [-0.39, 0.29) is 0 Å². The molecule has 4 heteroatoms. The van der Waals surface area contributed by atoms with Gasteiger partial charge in [-0.05, 0) is 62.7 Å². The summed E-state index contributed by atoms with van der Waals surface area (Å²) < 4.78 is 6.57. The van der Waals surface area contributed by atoms with Gasteiger partial charge in [0.1, 0.15) is 11.5 Å². The molecule has 0 saturated heterocycles. The fraction of sp³-hybridized carbons (Fsp3) is 0.0192. The average molecular weight is 716 g/mol. The number of nitrogens with zero attached hydrogens (tertiary/aromatic N) is 3. The highest BCUT2D eigenvalue weighted by Gasteiger charge is 2.51. The first-order valence-corrected chi connectivity index (χ1v) is 18.9. The summed E-state index contributed by atoms with van der Waals surface area (Å²) in [5.41, 5.74) is 13.8. The maximum absolute atomic E-state index is 6.57. The molecule has 9 aromatic rings. The van der Waals surface area contributed by atoms with Gasteiger partial charge in [-0.1, -0.05) is 182 Å². The summed E-state index contributed by atoms with van der Waals surface area (Å²) in [6.45, 7) is 0. The molecule has 0 radical (unpaired) electrons. The Morgan fingerprint density at radius 2 is 0.750 bits per heavy atom. The van der Waals surface area contributed by atoms with Gasteiger partial charge in [-0.25, -0.2) is 15.0 Å². The molecule has 8 aromatic carbocycles. The van der Waals surface area contributed by atoms with Crippen LogP contribution in [-0.4, -0.2) is 15.0 Å². The molecule has 0 amide bonds. The van der Waals surface area contributed by atoms with Gasteiger partial charge < -0.3 is 4.74 Å². The van der Waals surface area contributed by atoms with Gasteiger partial charge >= 0.3 is 0 Å². The fourth-order valence-electron chi connectivity index (χ4n) is 8.75. The van der Waals surface area contributed by atoms with Crippen LogP contribution < -0.4 is 4.74 Å². The van der Waals surface area contributed by atoms with E-state index in [1.54, 1.807) is 0 Å². The Bertz CT molecular complexity index is 2890. The van der Waals surface area contributed by atoms with Gasteiger partial charge in [-0.15, -0.1) is 0 Å². The second-order valence-electron chi connectivity index (χ2n) is 14.3. The number of fused-ring (bicyclic) bond motifs is 9. The molecule has 0 fully saturated rings. The second-order valence-corrected chi connectivity index (χ2v) is 14.3. The van der Waals surface area contributed by atoms with Gasteiger partial charge in [0.2, 0.25) is 0 Å². The molecule has 1 aromatic heterocycles. The van der Waals surface area contributed by atoms with Crippen molar-refractivity contribution in [3.05, 3.63) is 222 Å². The molecular formula is C52H33N3O. The molecule has 0 bridgehead atoms. The van der Waals surface area contributed by atoms with Crippen molar-refractivity contribution in [3.8, 4) is 79.0 Å². The summed E-state index contributed by atoms with van der Waals surface area (Å²) in [4.78, 5) is 15.7. The van der Waals surface area contributed by atoms with Gasteiger partial charge in [0.25, 0.3) is 0 Å². The molecule has 1 aliphatic heterocycles. The van der Waals surface area contributed by atoms with Crippen molar-refractivity contribution in [1.82, 2.24) is 15.0 Å². The summed E-state index contributed by atoms with van der Waals surface area (Å²) in [7, 11) is 0. The maximum atomic E-state index is 6.57.